The van der Waals surface area contributed by atoms with Crippen LogP contribution >= 0.6 is 11.8 Å². The van der Waals surface area contributed by atoms with Crippen molar-refractivity contribution in [1.29, 1.82) is 0 Å². The molecule has 0 saturated carbocycles. The minimum Gasteiger partial charge on any atom is -0.308 e. The zero-order chi connectivity index (χ0) is 23.9. The minimum absolute atomic E-state index is 0.0207. The van der Waals surface area contributed by atoms with Crippen LogP contribution in [0.3, 0.4) is 0 Å². The van der Waals surface area contributed by atoms with E-state index in [1.54, 1.807) is 35.9 Å². The molecule has 4 amide bonds. The molecule has 0 fully saturated rings. The number of hydrazone groups is 1. The molecule has 1 aliphatic rings. The van der Waals surface area contributed by atoms with E-state index in [4.69, 9.17) is 0 Å². The molecule has 10 nitrogen and oxygen atoms in total. The number of benzene rings is 2. The Morgan fingerprint density at radius 2 is 1.71 bits per heavy atom. The average molecular weight is 478 g/mol. The van der Waals surface area contributed by atoms with Gasteiger partial charge >= 0.3 is 6.03 Å². The summed E-state index contributed by atoms with van der Waals surface area (Å²) in [6.07, 6.45) is 0.963. The number of anilines is 1. The second kappa shape index (κ2) is 10.8. The largest absolute Gasteiger partial charge is 0.325 e. The summed E-state index contributed by atoms with van der Waals surface area (Å²) in [5.41, 5.74) is 2.42. The molecule has 0 radical (unpaired) electrons. The predicted octanol–water partition coefficient (Wildman–Crippen LogP) is 2.78. The average Bonchev–Trinajstić information content (AvgIpc) is 3.19. The molecule has 0 aliphatic carbocycles. The lowest BCUT2D eigenvalue weighted by atomic mass is 10.0. The molecule has 34 heavy (non-hydrogen) atoms. The molecule has 1 aromatic heterocycles. The van der Waals surface area contributed by atoms with Crippen LogP contribution in [-0.4, -0.2) is 49.1 Å². The lowest BCUT2D eigenvalue weighted by Crippen LogP contribution is -2.35. The number of hydrogen-bond acceptors (Lipinski definition) is 7. The van der Waals surface area contributed by atoms with Crippen molar-refractivity contribution in [3.8, 4) is 0 Å². The fourth-order valence-corrected chi connectivity index (χ4v) is 4.01. The van der Waals surface area contributed by atoms with Crippen molar-refractivity contribution in [2.45, 2.75) is 24.5 Å². The second-order valence-electron chi connectivity index (χ2n) is 7.48. The number of para-hydroxylation sites is 1. The van der Waals surface area contributed by atoms with Gasteiger partial charge in [0.25, 0.3) is 0 Å². The smallest absolute Gasteiger partial charge is 0.308 e. The predicted molar refractivity (Wildman–Crippen MR) is 128 cm³/mol. The van der Waals surface area contributed by atoms with Crippen molar-refractivity contribution < 1.29 is 14.4 Å². The number of thioether (sulfide) groups is 1. The molecule has 2 heterocycles. The highest BCUT2D eigenvalue weighted by Crippen LogP contribution is 2.20. The number of aromatic nitrogens is 3. The van der Waals surface area contributed by atoms with Crippen molar-refractivity contribution in [1.82, 2.24) is 25.1 Å². The third-order valence-electron chi connectivity index (χ3n) is 5.05. The Balaban J connectivity index is 1.33. The van der Waals surface area contributed by atoms with E-state index < -0.39 is 11.9 Å². The van der Waals surface area contributed by atoms with Gasteiger partial charge in [0.15, 0.2) is 11.0 Å². The lowest BCUT2D eigenvalue weighted by Gasteiger charge is -2.23. The van der Waals surface area contributed by atoms with Gasteiger partial charge in [-0.2, -0.15) is 5.10 Å². The standard InChI is InChI=1S/C23H23N7O3S/c1-29-19(14-30-21(32)13-12-18(28-30)16-8-4-2-5-9-16)26-27-23(29)34-15-20(31)25-22(33)24-17-10-6-3-7-11-17/h2-11H,12-15H2,1H3,(H2,24,25,31,33). The van der Waals surface area contributed by atoms with Gasteiger partial charge in [-0.1, -0.05) is 60.3 Å². The topological polar surface area (TPSA) is 122 Å². The van der Waals surface area contributed by atoms with Crippen molar-refractivity contribution in [3.63, 3.8) is 0 Å². The maximum atomic E-state index is 12.4. The summed E-state index contributed by atoms with van der Waals surface area (Å²) in [5.74, 6) is -0.0317. The van der Waals surface area contributed by atoms with Gasteiger partial charge in [-0.05, 0) is 17.7 Å². The first-order valence-corrected chi connectivity index (χ1v) is 11.6. The maximum absolute atomic E-state index is 12.4. The summed E-state index contributed by atoms with van der Waals surface area (Å²) in [5, 5.41) is 19.6. The van der Waals surface area contributed by atoms with E-state index in [1.165, 1.54) is 5.01 Å². The molecule has 174 valence electrons. The highest BCUT2D eigenvalue weighted by atomic mass is 32.2. The summed E-state index contributed by atoms with van der Waals surface area (Å²) in [6, 6.07) is 18.0. The van der Waals surface area contributed by atoms with Crippen LogP contribution < -0.4 is 10.6 Å². The fraction of sp³-hybridized carbons (Fsp3) is 0.217. The molecule has 2 N–H and O–H groups in total. The lowest BCUT2D eigenvalue weighted by molar-refractivity contribution is -0.132. The van der Waals surface area contributed by atoms with E-state index in [0.29, 0.717) is 29.5 Å². The van der Waals surface area contributed by atoms with Gasteiger partial charge in [0.05, 0.1) is 11.5 Å². The zero-order valence-electron chi connectivity index (χ0n) is 18.5. The summed E-state index contributed by atoms with van der Waals surface area (Å²) in [6.45, 7) is 0.172. The van der Waals surface area contributed by atoms with E-state index in [2.05, 4.69) is 25.9 Å². The monoisotopic (exact) mass is 477 g/mol. The Hall–Kier alpha value is -3.99. The number of rotatable bonds is 7. The quantitative estimate of drug-likeness (QED) is 0.505. The van der Waals surface area contributed by atoms with Crippen LogP contribution in [0.25, 0.3) is 0 Å². The molecule has 3 aromatic rings. The Morgan fingerprint density at radius 3 is 2.44 bits per heavy atom. The Kier molecular flexibility index (Phi) is 7.33. The van der Waals surface area contributed by atoms with E-state index in [-0.39, 0.29) is 18.2 Å². The van der Waals surface area contributed by atoms with Crippen molar-refractivity contribution in [2.75, 3.05) is 11.1 Å². The SMILES string of the molecule is Cn1c(CN2N=C(c3ccccc3)CCC2=O)nnc1SCC(=O)NC(=O)Nc1ccccc1. The number of carbonyl (C=O) groups is 3. The molecule has 11 heteroatoms. The van der Waals surface area contributed by atoms with Crippen LogP contribution in [0.1, 0.15) is 24.2 Å². The molecular weight excluding hydrogens is 454 g/mol. The van der Waals surface area contributed by atoms with Gasteiger partial charge in [0, 0.05) is 25.6 Å². The van der Waals surface area contributed by atoms with Gasteiger partial charge in [-0.3, -0.25) is 14.9 Å². The van der Waals surface area contributed by atoms with Crippen LogP contribution in [0.2, 0.25) is 0 Å². The molecule has 2 aromatic carbocycles. The minimum atomic E-state index is -0.605. The van der Waals surface area contributed by atoms with Crippen molar-refractivity contribution in [3.05, 3.63) is 72.1 Å². The van der Waals surface area contributed by atoms with Crippen LogP contribution in [0.5, 0.6) is 0 Å². The highest BCUT2D eigenvalue weighted by Gasteiger charge is 2.24. The first-order valence-electron chi connectivity index (χ1n) is 10.6. The highest BCUT2D eigenvalue weighted by molar-refractivity contribution is 7.99. The van der Waals surface area contributed by atoms with E-state index in [1.807, 2.05) is 36.4 Å². The first-order chi connectivity index (χ1) is 16.5. The van der Waals surface area contributed by atoms with Crippen molar-refractivity contribution in [2.24, 2.45) is 12.1 Å². The summed E-state index contributed by atoms with van der Waals surface area (Å²) < 4.78 is 1.71. The van der Waals surface area contributed by atoms with Gasteiger partial charge < -0.3 is 9.88 Å². The normalized spacial score (nSPS) is 13.4. The Bertz CT molecular complexity index is 1210. The number of amides is 4. The molecule has 0 spiro atoms. The zero-order valence-corrected chi connectivity index (χ0v) is 19.3. The Morgan fingerprint density at radius 1 is 1.00 bits per heavy atom. The number of urea groups is 1. The van der Waals surface area contributed by atoms with Gasteiger partial charge in [0.2, 0.25) is 11.8 Å². The van der Waals surface area contributed by atoms with Gasteiger partial charge in [0.1, 0.15) is 6.54 Å². The van der Waals surface area contributed by atoms with E-state index in [0.717, 1.165) is 23.0 Å². The summed E-state index contributed by atoms with van der Waals surface area (Å²) in [4.78, 5) is 36.5. The third-order valence-corrected chi connectivity index (χ3v) is 6.07. The van der Waals surface area contributed by atoms with Crippen LogP contribution in [-0.2, 0) is 23.2 Å². The van der Waals surface area contributed by atoms with E-state index in [9.17, 15) is 14.4 Å². The fourth-order valence-electron chi connectivity index (χ4n) is 3.28. The molecule has 0 unspecified atom stereocenters. The molecule has 4 rings (SSSR count). The van der Waals surface area contributed by atoms with E-state index >= 15 is 0 Å². The molecule has 1 aliphatic heterocycles. The summed E-state index contributed by atoms with van der Waals surface area (Å²) in [7, 11) is 1.76. The number of imide groups is 1. The molecule has 0 bridgehead atoms. The summed E-state index contributed by atoms with van der Waals surface area (Å²) >= 11 is 1.14. The molecular formula is C23H23N7O3S. The molecule has 0 atom stereocenters. The number of hydrogen-bond donors (Lipinski definition) is 2. The van der Waals surface area contributed by atoms with Crippen LogP contribution in [0.4, 0.5) is 10.5 Å². The number of nitrogens with zero attached hydrogens (tertiary/aromatic N) is 5. The second-order valence-corrected chi connectivity index (χ2v) is 8.42. The van der Waals surface area contributed by atoms with Crippen LogP contribution in [0.15, 0.2) is 70.9 Å². The molecule has 0 saturated heterocycles. The Labute approximate surface area is 200 Å². The van der Waals surface area contributed by atoms with Crippen molar-refractivity contribution >= 4 is 41.0 Å². The number of carbonyl (C=O) groups excluding carboxylic acids is 3. The third kappa shape index (κ3) is 5.87. The van der Waals surface area contributed by atoms with Gasteiger partial charge in [-0.15, -0.1) is 10.2 Å². The van der Waals surface area contributed by atoms with Crippen LogP contribution in [0, 0.1) is 0 Å². The first kappa shape index (κ1) is 23.2. The number of nitrogens with one attached hydrogen (secondary N) is 2. The maximum Gasteiger partial charge on any atom is 0.325 e. The van der Waals surface area contributed by atoms with Gasteiger partial charge in [-0.25, -0.2) is 9.80 Å².